The summed E-state index contributed by atoms with van der Waals surface area (Å²) in [4.78, 5) is 11.9. The molecule has 0 unspecified atom stereocenters. The summed E-state index contributed by atoms with van der Waals surface area (Å²) < 4.78 is 26.1. The summed E-state index contributed by atoms with van der Waals surface area (Å²) >= 11 is 0. The van der Waals surface area contributed by atoms with E-state index in [2.05, 4.69) is 10.2 Å². The molecule has 0 saturated heterocycles. The molecule has 26 heavy (non-hydrogen) atoms. The van der Waals surface area contributed by atoms with Crippen LogP contribution in [0.2, 0.25) is 0 Å². The average Bonchev–Trinajstić information content (AvgIpc) is 3.35. The molecule has 0 spiro atoms. The van der Waals surface area contributed by atoms with Gasteiger partial charge in [-0.1, -0.05) is 0 Å². The van der Waals surface area contributed by atoms with E-state index in [-0.39, 0.29) is 30.8 Å². The predicted octanol–water partition coefficient (Wildman–Crippen LogP) is 3.02. The Morgan fingerprint density at radius 3 is 2.54 bits per heavy atom. The molecule has 3 rings (SSSR count). The first-order valence-corrected chi connectivity index (χ1v) is 7.92. The lowest BCUT2D eigenvalue weighted by Crippen LogP contribution is -2.06. The number of carbonyl (C=O) groups is 1. The molecular weight excluding hydrogens is 340 g/mol. The third kappa shape index (κ3) is 4.41. The summed E-state index contributed by atoms with van der Waals surface area (Å²) in [6.07, 6.45) is 2.20. The molecule has 136 valence electrons. The molecule has 0 aliphatic carbocycles. The van der Waals surface area contributed by atoms with Crippen molar-refractivity contribution >= 4 is 5.97 Å². The molecule has 2 aromatic heterocycles. The van der Waals surface area contributed by atoms with Crippen molar-refractivity contribution in [2.24, 2.45) is 0 Å². The molecule has 0 N–H and O–H groups in total. The van der Waals surface area contributed by atoms with Crippen LogP contribution in [0, 0.1) is 0 Å². The molecule has 3 aromatic rings. The van der Waals surface area contributed by atoms with Crippen molar-refractivity contribution in [2.45, 2.75) is 19.4 Å². The van der Waals surface area contributed by atoms with Gasteiger partial charge in [0, 0.05) is 12.5 Å². The van der Waals surface area contributed by atoms with Crippen molar-refractivity contribution in [1.29, 1.82) is 0 Å². The Morgan fingerprint density at radius 1 is 1.12 bits per heavy atom. The van der Waals surface area contributed by atoms with Crippen LogP contribution in [0.5, 0.6) is 11.5 Å². The fraction of sp³-hybridized carbons (Fsp3) is 0.278. The number of hydrogen-bond acceptors (Lipinski definition) is 8. The summed E-state index contributed by atoms with van der Waals surface area (Å²) in [5.74, 6) is 1.87. The van der Waals surface area contributed by atoms with Crippen molar-refractivity contribution in [1.82, 2.24) is 10.2 Å². The average molecular weight is 358 g/mol. The number of furan rings is 1. The van der Waals surface area contributed by atoms with Gasteiger partial charge >= 0.3 is 5.97 Å². The molecule has 2 heterocycles. The minimum absolute atomic E-state index is 0.0893. The maximum atomic E-state index is 11.9. The molecule has 0 saturated carbocycles. The number of esters is 1. The predicted molar refractivity (Wildman–Crippen MR) is 89.7 cm³/mol. The van der Waals surface area contributed by atoms with Crippen LogP contribution in [0.15, 0.2) is 45.4 Å². The van der Waals surface area contributed by atoms with E-state index in [1.807, 2.05) is 12.1 Å². The second kappa shape index (κ2) is 8.19. The SMILES string of the molecule is COc1cc(CCC(=O)OCc2nnc(-c3ccco3)o2)cc(OC)c1. The number of ether oxygens (including phenoxy) is 3. The van der Waals surface area contributed by atoms with E-state index in [0.717, 1.165) is 5.56 Å². The highest BCUT2D eigenvalue weighted by molar-refractivity contribution is 5.69. The smallest absolute Gasteiger partial charge is 0.306 e. The second-order valence-corrected chi connectivity index (χ2v) is 5.36. The maximum Gasteiger partial charge on any atom is 0.306 e. The quantitative estimate of drug-likeness (QED) is 0.567. The van der Waals surface area contributed by atoms with Gasteiger partial charge in [-0.25, -0.2) is 0 Å². The van der Waals surface area contributed by atoms with Gasteiger partial charge < -0.3 is 23.0 Å². The molecule has 0 bridgehead atoms. The number of nitrogens with zero attached hydrogens (tertiary/aromatic N) is 2. The van der Waals surface area contributed by atoms with Gasteiger partial charge in [0.1, 0.15) is 11.5 Å². The van der Waals surface area contributed by atoms with Gasteiger partial charge in [0.2, 0.25) is 0 Å². The Balaban J connectivity index is 1.50. The van der Waals surface area contributed by atoms with Crippen LogP contribution in [0.1, 0.15) is 17.9 Å². The molecule has 0 atom stereocenters. The van der Waals surface area contributed by atoms with E-state index in [1.54, 1.807) is 32.4 Å². The molecular formula is C18H18N2O6. The summed E-state index contributed by atoms with van der Waals surface area (Å²) in [5, 5.41) is 7.66. The first kappa shape index (κ1) is 17.5. The maximum absolute atomic E-state index is 11.9. The molecule has 0 amide bonds. The zero-order valence-corrected chi connectivity index (χ0v) is 14.4. The zero-order valence-electron chi connectivity index (χ0n) is 14.4. The number of rotatable bonds is 8. The van der Waals surface area contributed by atoms with Gasteiger partial charge in [-0.2, -0.15) is 0 Å². The highest BCUT2D eigenvalue weighted by atomic mass is 16.5. The summed E-state index contributed by atoms with van der Waals surface area (Å²) in [6.45, 7) is -0.0893. The standard InChI is InChI=1S/C18H18N2O6/c1-22-13-8-12(9-14(10-13)23-2)5-6-17(21)25-11-16-19-20-18(26-16)15-4-3-7-24-15/h3-4,7-10H,5-6,11H2,1-2H3. The van der Waals surface area contributed by atoms with E-state index in [1.165, 1.54) is 6.26 Å². The number of aromatic nitrogens is 2. The lowest BCUT2D eigenvalue weighted by molar-refractivity contribution is -0.145. The summed E-state index contributed by atoms with van der Waals surface area (Å²) in [5.41, 5.74) is 0.913. The van der Waals surface area contributed by atoms with Gasteiger partial charge in [-0.15, -0.1) is 10.2 Å². The van der Waals surface area contributed by atoms with Gasteiger partial charge in [0.25, 0.3) is 11.8 Å². The van der Waals surface area contributed by atoms with Crippen LogP contribution in [0.4, 0.5) is 0 Å². The second-order valence-electron chi connectivity index (χ2n) is 5.36. The van der Waals surface area contributed by atoms with Crippen LogP contribution < -0.4 is 9.47 Å². The number of benzene rings is 1. The van der Waals surface area contributed by atoms with E-state index < -0.39 is 0 Å². The Kier molecular flexibility index (Phi) is 5.52. The normalized spacial score (nSPS) is 10.5. The first-order valence-electron chi connectivity index (χ1n) is 7.92. The Hall–Kier alpha value is -3.29. The van der Waals surface area contributed by atoms with Gasteiger partial charge in [0.05, 0.1) is 20.5 Å². The number of methoxy groups -OCH3 is 2. The Labute approximate surface area is 149 Å². The highest BCUT2D eigenvalue weighted by Gasteiger charge is 2.13. The van der Waals surface area contributed by atoms with Gasteiger partial charge in [0.15, 0.2) is 12.4 Å². The number of aryl methyl sites for hydroxylation is 1. The lowest BCUT2D eigenvalue weighted by atomic mass is 10.1. The summed E-state index contributed by atoms with van der Waals surface area (Å²) in [6, 6.07) is 8.89. The zero-order chi connectivity index (χ0) is 18.4. The van der Waals surface area contributed by atoms with Crippen molar-refractivity contribution < 1.29 is 27.8 Å². The van der Waals surface area contributed by atoms with Crippen LogP contribution in [0.25, 0.3) is 11.7 Å². The molecule has 0 radical (unpaired) electrons. The number of carbonyl (C=O) groups excluding carboxylic acids is 1. The largest absolute Gasteiger partial charge is 0.497 e. The summed E-state index contributed by atoms with van der Waals surface area (Å²) in [7, 11) is 3.16. The van der Waals surface area contributed by atoms with Crippen molar-refractivity contribution in [3.05, 3.63) is 48.0 Å². The minimum Gasteiger partial charge on any atom is -0.497 e. The first-order chi connectivity index (χ1) is 12.7. The van der Waals surface area contributed by atoms with Gasteiger partial charge in [-0.3, -0.25) is 4.79 Å². The third-order valence-electron chi connectivity index (χ3n) is 3.58. The number of hydrogen-bond donors (Lipinski definition) is 0. The third-order valence-corrected chi connectivity index (χ3v) is 3.58. The van der Waals surface area contributed by atoms with E-state index >= 15 is 0 Å². The Morgan fingerprint density at radius 2 is 1.88 bits per heavy atom. The van der Waals surface area contributed by atoms with Crippen LogP contribution in [-0.4, -0.2) is 30.4 Å². The van der Waals surface area contributed by atoms with Crippen LogP contribution in [0.3, 0.4) is 0 Å². The van der Waals surface area contributed by atoms with Crippen molar-refractivity contribution in [3.8, 4) is 23.1 Å². The van der Waals surface area contributed by atoms with E-state index in [9.17, 15) is 4.79 Å². The lowest BCUT2D eigenvalue weighted by Gasteiger charge is -2.08. The highest BCUT2D eigenvalue weighted by Crippen LogP contribution is 2.23. The van der Waals surface area contributed by atoms with Crippen LogP contribution in [-0.2, 0) is 22.6 Å². The van der Waals surface area contributed by atoms with Gasteiger partial charge in [-0.05, 0) is 36.2 Å². The van der Waals surface area contributed by atoms with Crippen molar-refractivity contribution in [3.63, 3.8) is 0 Å². The fourth-order valence-corrected chi connectivity index (χ4v) is 2.28. The topological polar surface area (TPSA) is 96.8 Å². The van der Waals surface area contributed by atoms with Crippen LogP contribution >= 0.6 is 0 Å². The fourth-order valence-electron chi connectivity index (χ4n) is 2.28. The molecule has 1 aromatic carbocycles. The van der Waals surface area contributed by atoms with E-state index in [0.29, 0.717) is 23.7 Å². The van der Waals surface area contributed by atoms with Crippen molar-refractivity contribution in [2.75, 3.05) is 14.2 Å². The van der Waals surface area contributed by atoms with E-state index in [4.69, 9.17) is 23.0 Å². The molecule has 0 aliphatic rings. The molecule has 0 aliphatic heterocycles. The minimum atomic E-state index is -0.371. The monoisotopic (exact) mass is 358 g/mol. The molecule has 8 heteroatoms. The molecule has 0 fully saturated rings. The Bertz CT molecular complexity index is 834. The molecule has 8 nitrogen and oxygen atoms in total.